The Kier molecular flexibility index (Phi) is 5.47. The van der Waals surface area contributed by atoms with Crippen molar-refractivity contribution in [2.45, 2.75) is 44.7 Å². The number of fused-ring (bicyclic) bond motifs is 1. The molecule has 5 rings (SSSR count). The largest absolute Gasteiger partial charge is 0.392 e. The lowest BCUT2D eigenvalue weighted by molar-refractivity contribution is 0.171. The van der Waals surface area contributed by atoms with Crippen LogP contribution in [0.1, 0.15) is 35.2 Å². The molecule has 3 aromatic rings. The minimum absolute atomic E-state index is 0.0162. The van der Waals surface area contributed by atoms with Gasteiger partial charge in [-0.15, -0.1) is 10.2 Å². The first-order chi connectivity index (χ1) is 15.1. The van der Waals surface area contributed by atoms with Crippen LogP contribution >= 0.6 is 0 Å². The third-order valence-corrected chi connectivity index (χ3v) is 6.06. The van der Waals surface area contributed by atoms with Gasteiger partial charge in [0.1, 0.15) is 17.5 Å². The number of nitrogens with zero attached hydrogens (tertiary/aromatic N) is 6. The van der Waals surface area contributed by atoms with Crippen LogP contribution in [0.2, 0.25) is 0 Å². The Morgan fingerprint density at radius 2 is 2.00 bits per heavy atom. The van der Waals surface area contributed by atoms with Gasteiger partial charge >= 0.3 is 0 Å². The van der Waals surface area contributed by atoms with Gasteiger partial charge in [-0.2, -0.15) is 0 Å². The summed E-state index contributed by atoms with van der Waals surface area (Å²) >= 11 is 0. The number of pyridine rings is 1. The van der Waals surface area contributed by atoms with Crippen molar-refractivity contribution in [3.63, 3.8) is 0 Å². The average molecular weight is 426 g/mol. The molecule has 0 unspecified atom stereocenters. The molecule has 0 saturated carbocycles. The SMILES string of the molecule is O[C@@H]1C[C@@H](c2nnc3n2CCN(Cc2ccc(F)cc2F)C3)N(Cc2cccnc2)C1. The summed E-state index contributed by atoms with van der Waals surface area (Å²) in [4.78, 5) is 8.49. The smallest absolute Gasteiger partial charge is 0.150 e. The molecule has 2 aliphatic heterocycles. The number of aliphatic hydroxyl groups excluding tert-OH is 1. The topological polar surface area (TPSA) is 70.3 Å². The molecular weight excluding hydrogens is 402 g/mol. The van der Waals surface area contributed by atoms with Crippen LogP contribution in [0.4, 0.5) is 8.78 Å². The summed E-state index contributed by atoms with van der Waals surface area (Å²) in [6.45, 7) is 3.61. The summed E-state index contributed by atoms with van der Waals surface area (Å²) in [6, 6.07) is 7.62. The standard InChI is InChI=1S/C22H24F2N6O/c23-17-4-3-16(19(24)8-17)12-28-6-7-30-21(14-28)26-27-22(30)20-9-18(31)13-29(20)11-15-2-1-5-25-10-15/h1-5,8,10,18,20,31H,6-7,9,11-14H2/t18-,20+/m1/s1. The van der Waals surface area contributed by atoms with Gasteiger partial charge < -0.3 is 9.67 Å². The number of benzene rings is 1. The molecule has 1 N–H and O–H groups in total. The van der Waals surface area contributed by atoms with E-state index < -0.39 is 17.7 Å². The number of likely N-dealkylation sites (tertiary alicyclic amines) is 1. The fourth-order valence-electron chi connectivity index (χ4n) is 4.55. The Bertz CT molecular complexity index is 1060. The van der Waals surface area contributed by atoms with Crippen LogP contribution in [0.5, 0.6) is 0 Å². The van der Waals surface area contributed by atoms with Gasteiger partial charge in [-0.3, -0.25) is 14.8 Å². The lowest BCUT2D eigenvalue weighted by Crippen LogP contribution is -2.35. The molecule has 1 fully saturated rings. The third kappa shape index (κ3) is 4.21. The van der Waals surface area contributed by atoms with Crippen LogP contribution < -0.4 is 0 Å². The highest BCUT2D eigenvalue weighted by atomic mass is 19.1. The molecular formula is C22H24F2N6O. The number of hydrogen-bond acceptors (Lipinski definition) is 6. The van der Waals surface area contributed by atoms with E-state index in [9.17, 15) is 13.9 Å². The monoisotopic (exact) mass is 426 g/mol. The summed E-state index contributed by atoms with van der Waals surface area (Å²) in [5.74, 6) is 0.590. The molecule has 4 heterocycles. The zero-order valence-corrected chi connectivity index (χ0v) is 17.0. The maximum absolute atomic E-state index is 14.0. The lowest BCUT2D eigenvalue weighted by Gasteiger charge is -2.30. The van der Waals surface area contributed by atoms with E-state index >= 15 is 0 Å². The van der Waals surface area contributed by atoms with Crippen LogP contribution in [0, 0.1) is 11.6 Å². The Hall–Kier alpha value is -2.75. The predicted octanol–water partition coefficient (Wildman–Crippen LogP) is 2.28. The molecule has 0 radical (unpaired) electrons. The molecule has 1 saturated heterocycles. The van der Waals surface area contributed by atoms with Gasteiger partial charge in [0.2, 0.25) is 0 Å². The van der Waals surface area contributed by atoms with Gasteiger partial charge in [-0.1, -0.05) is 12.1 Å². The maximum Gasteiger partial charge on any atom is 0.150 e. The fourth-order valence-corrected chi connectivity index (χ4v) is 4.55. The van der Waals surface area contributed by atoms with Crippen molar-refractivity contribution in [3.8, 4) is 0 Å². The van der Waals surface area contributed by atoms with Crippen molar-refractivity contribution in [1.82, 2.24) is 29.5 Å². The Balaban J connectivity index is 1.32. The minimum atomic E-state index is -0.570. The average Bonchev–Trinajstić information content (AvgIpc) is 3.33. The van der Waals surface area contributed by atoms with Crippen LogP contribution in [0.25, 0.3) is 0 Å². The van der Waals surface area contributed by atoms with E-state index in [1.165, 1.54) is 12.1 Å². The van der Waals surface area contributed by atoms with Crippen molar-refractivity contribution in [2.24, 2.45) is 0 Å². The summed E-state index contributed by atoms with van der Waals surface area (Å²) in [6.07, 6.45) is 3.80. The van der Waals surface area contributed by atoms with E-state index in [2.05, 4.69) is 29.5 Å². The number of β-amino-alcohol motifs (C(OH)–C–C–N with tert-alkyl or cyclic N) is 1. The number of halogens is 2. The van der Waals surface area contributed by atoms with E-state index in [0.717, 1.165) is 23.3 Å². The van der Waals surface area contributed by atoms with Gasteiger partial charge in [0.25, 0.3) is 0 Å². The maximum atomic E-state index is 14.0. The minimum Gasteiger partial charge on any atom is -0.392 e. The first-order valence-electron chi connectivity index (χ1n) is 10.5. The summed E-state index contributed by atoms with van der Waals surface area (Å²) in [5.41, 5.74) is 1.56. The molecule has 7 nitrogen and oxygen atoms in total. The van der Waals surface area contributed by atoms with E-state index in [0.29, 0.717) is 51.3 Å². The first-order valence-corrected chi connectivity index (χ1v) is 10.5. The molecule has 162 valence electrons. The lowest BCUT2D eigenvalue weighted by atomic mass is 10.1. The Morgan fingerprint density at radius 1 is 1.10 bits per heavy atom. The summed E-state index contributed by atoms with van der Waals surface area (Å²) < 4.78 is 29.3. The highest BCUT2D eigenvalue weighted by Crippen LogP contribution is 2.33. The highest BCUT2D eigenvalue weighted by molar-refractivity contribution is 5.19. The summed E-state index contributed by atoms with van der Waals surface area (Å²) in [5, 5.41) is 19.2. The molecule has 0 spiro atoms. The van der Waals surface area contributed by atoms with Crippen molar-refractivity contribution in [2.75, 3.05) is 13.1 Å². The van der Waals surface area contributed by atoms with E-state index in [-0.39, 0.29) is 6.04 Å². The second-order valence-electron chi connectivity index (χ2n) is 8.27. The zero-order chi connectivity index (χ0) is 21.4. The number of aromatic nitrogens is 4. The normalized spacial score (nSPS) is 22.0. The van der Waals surface area contributed by atoms with Crippen LogP contribution in [-0.2, 0) is 26.2 Å². The Labute approximate surface area is 179 Å². The zero-order valence-electron chi connectivity index (χ0n) is 17.0. The molecule has 2 atom stereocenters. The van der Waals surface area contributed by atoms with Crippen molar-refractivity contribution < 1.29 is 13.9 Å². The van der Waals surface area contributed by atoms with E-state index in [1.807, 2.05) is 18.3 Å². The summed E-state index contributed by atoms with van der Waals surface area (Å²) in [7, 11) is 0. The van der Waals surface area contributed by atoms with Crippen LogP contribution in [-0.4, -0.2) is 53.8 Å². The van der Waals surface area contributed by atoms with Gasteiger partial charge in [0.15, 0.2) is 5.82 Å². The molecule has 2 aromatic heterocycles. The molecule has 1 aromatic carbocycles. The molecule has 9 heteroatoms. The molecule has 31 heavy (non-hydrogen) atoms. The predicted molar refractivity (Wildman–Crippen MR) is 109 cm³/mol. The van der Waals surface area contributed by atoms with E-state index in [1.54, 1.807) is 6.20 Å². The first kappa shape index (κ1) is 20.2. The van der Waals surface area contributed by atoms with Gasteiger partial charge in [0.05, 0.1) is 18.7 Å². The van der Waals surface area contributed by atoms with E-state index in [4.69, 9.17) is 0 Å². The van der Waals surface area contributed by atoms with Gasteiger partial charge in [0, 0.05) is 56.7 Å². The number of hydrogen-bond donors (Lipinski definition) is 1. The number of aliphatic hydroxyl groups is 1. The van der Waals surface area contributed by atoms with Crippen molar-refractivity contribution >= 4 is 0 Å². The van der Waals surface area contributed by atoms with Crippen LogP contribution in [0.15, 0.2) is 42.7 Å². The molecule has 0 aliphatic carbocycles. The number of rotatable bonds is 5. The third-order valence-electron chi connectivity index (χ3n) is 6.06. The molecule has 0 bridgehead atoms. The van der Waals surface area contributed by atoms with Crippen LogP contribution in [0.3, 0.4) is 0 Å². The quantitative estimate of drug-likeness (QED) is 0.675. The van der Waals surface area contributed by atoms with Crippen molar-refractivity contribution in [3.05, 3.63) is 77.1 Å². The molecule has 2 aliphatic rings. The highest BCUT2D eigenvalue weighted by Gasteiger charge is 2.36. The second kappa shape index (κ2) is 8.41. The second-order valence-corrected chi connectivity index (χ2v) is 8.27. The van der Waals surface area contributed by atoms with Crippen molar-refractivity contribution in [1.29, 1.82) is 0 Å². The van der Waals surface area contributed by atoms with Gasteiger partial charge in [-0.05, 0) is 24.1 Å². The fraction of sp³-hybridized carbons (Fsp3) is 0.409. The molecule has 0 amide bonds. The van der Waals surface area contributed by atoms with Gasteiger partial charge in [-0.25, -0.2) is 8.78 Å². The Morgan fingerprint density at radius 3 is 2.81 bits per heavy atom.